The van der Waals surface area contributed by atoms with Crippen molar-refractivity contribution >= 4 is 30.5 Å². The number of phosphoric acid groups is 1. The lowest BCUT2D eigenvalue weighted by Crippen LogP contribution is -2.13. The summed E-state index contributed by atoms with van der Waals surface area (Å²) in [5.41, 5.74) is 0.279. The van der Waals surface area contributed by atoms with E-state index in [0.717, 1.165) is 10.8 Å². The molecule has 0 atom stereocenters. The van der Waals surface area contributed by atoms with Crippen LogP contribution in [0.3, 0.4) is 0 Å². The summed E-state index contributed by atoms with van der Waals surface area (Å²) in [6, 6.07) is 28.3. The summed E-state index contributed by atoms with van der Waals surface area (Å²) < 4.78 is 29.0. The fourth-order valence-corrected chi connectivity index (χ4v) is 3.97. The number of hydrogen-bond donors (Lipinski definition) is 0. The van der Waals surface area contributed by atoms with Crippen LogP contribution in [0.5, 0.6) is 5.75 Å². The van der Waals surface area contributed by atoms with Crippen LogP contribution in [-0.4, -0.2) is 11.9 Å². The van der Waals surface area contributed by atoms with E-state index in [9.17, 15) is 14.2 Å². The van der Waals surface area contributed by atoms with Crippen molar-refractivity contribution < 1.29 is 27.7 Å². The van der Waals surface area contributed by atoms with Gasteiger partial charge >= 0.3 is 19.8 Å². The normalized spacial score (nSPS) is 11.0. The zero-order valence-electron chi connectivity index (χ0n) is 16.2. The number of carbonyl (C=O) groups excluding carboxylic acids is 2. The molecule has 4 aromatic carbocycles. The molecular weight excluding hydrogens is 415 g/mol. The number of hydrogen-bond acceptors (Lipinski definition) is 6. The van der Waals surface area contributed by atoms with Gasteiger partial charge in [0.25, 0.3) is 0 Å². The Labute approximate surface area is 178 Å². The van der Waals surface area contributed by atoms with Crippen molar-refractivity contribution in [2.24, 2.45) is 0 Å². The highest BCUT2D eigenvalue weighted by Gasteiger charge is 2.38. The van der Waals surface area contributed by atoms with Gasteiger partial charge in [0.2, 0.25) is 0 Å². The minimum Gasteiger partial charge on any atom is -0.386 e. The molecule has 6 nitrogen and oxygen atoms in total. The molecule has 0 aliphatic carbocycles. The van der Waals surface area contributed by atoms with Gasteiger partial charge in [0, 0.05) is 0 Å². The first-order valence-corrected chi connectivity index (χ1v) is 10.8. The quantitative estimate of drug-likeness (QED) is 0.346. The van der Waals surface area contributed by atoms with E-state index in [1.165, 1.54) is 24.3 Å². The minimum absolute atomic E-state index is 0.128. The van der Waals surface area contributed by atoms with Crippen LogP contribution in [0, 0.1) is 0 Å². The van der Waals surface area contributed by atoms with Gasteiger partial charge in [0.05, 0.1) is 11.1 Å². The van der Waals surface area contributed by atoms with Crippen molar-refractivity contribution in [1.82, 2.24) is 0 Å². The second kappa shape index (κ2) is 8.86. The standard InChI is InChI=1S/C24H17O6P/c25-23(19-10-3-1-4-11-19)29-31(27,30-24(26)20-12-5-2-6-13-20)28-22-16-15-18-9-7-8-14-21(18)17-22/h1-17H. The van der Waals surface area contributed by atoms with Gasteiger partial charge in [-0.05, 0) is 47.2 Å². The van der Waals surface area contributed by atoms with Crippen molar-refractivity contribution in [3.63, 3.8) is 0 Å². The number of benzene rings is 4. The van der Waals surface area contributed by atoms with Crippen LogP contribution in [0.1, 0.15) is 20.7 Å². The maximum Gasteiger partial charge on any atom is 0.652 e. The molecule has 0 fully saturated rings. The van der Waals surface area contributed by atoms with Crippen LogP contribution >= 0.6 is 7.82 Å². The van der Waals surface area contributed by atoms with Crippen LogP contribution in [-0.2, 0) is 13.6 Å². The van der Waals surface area contributed by atoms with Crippen molar-refractivity contribution in [1.29, 1.82) is 0 Å². The first-order valence-electron chi connectivity index (χ1n) is 9.39. The molecule has 0 aliphatic rings. The highest BCUT2D eigenvalue weighted by Crippen LogP contribution is 2.51. The summed E-state index contributed by atoms with van der Waals surface area (Å²) in [7, 11) is -4.66. The van der Waals surface area contributed by atoms with Crippen LogP contribution < -0.4 is 4.52 Å². The van der Waals surface area contributed by atoms with Gasteiger partial charge in [-0.1, -0.05) is 66.7 Å². The topological polar surface area (TPSA) is 78.9 Å². The van der Waals surface area contributed by atoms with Gasteiger partial charge in [-0.25, -0.2) is 9.59 Å². The number of fused-ring (bicyclic) bond motifs is 1. The Balaban J connectivity index is 1.64. The molecule has 0 bridgehead atoms. The van der Waals surface area contributed by atoms with Crippen molar-refractivity contribution in [3.8, 4) is 5.75 Å². The first kappa shape index (κ1) is 20.4. The maximum atomic E-state index is 13.4. The molecule has 154 valence electrons. The highest BCUT2D eigenvalue weighted by molar-refractivity contribution is 7.50. The molecule has 0 aliphatic heterocycles. The molecule has 0 amide bonds. The van der Waals surface area contributed by atoms with Crippen LogP contribution in [0.4, 0.5) is 0 Å². The summed E-state index contributed by atoms with van der Waals surface area (Å²) in [6.45, 7) is 0. The summed E-state index contributed by atoms with van der Waals surface area (Å²) in [5, 5.41) is 1.75. The molecule has 4 rings (SSSR count). The Morgan fingerprint density at radius 1 is 0.581 bits per heavy atom. The molecular formula is C24H17O6P. The molecule has 7 heteroatoms. The van der Waals surface area contributed by atoms with Crippen molar-refractivity contribution in [2.45, 2.75) is 0 Å². The van der Waals surface area contributed by atoms with E-state index in [1.807, 2.05) is 24.3 Å². The smallest absolute Gasteiger partial charge is 0.386 e. The Morgan fingerprint density at radius 2 is 1.06 bits per heavy atom. The Hall–Kier alpha value is -3.89. The average Bonchev–Trinajstić information content (AvgIpc) is 2.80. The van der Waals surface area contributed by atoms with E-state index in [4.69, 9.17) is 13.6 Å². The van der Waals surface area contributed by atoms with Crippen LogP contribution in [0.2, 0.25) is 0 Å². The van der Waals surface area contributed by atoms with Crippen LogP contribution in [0.25, 0.3) is 10.8 Å². The van der Waals surface area contributed by atoms with E-state index in [2.05, 4.69) is 0 Å². The second-order valence-corrected chi connectivity index (χ2v) is 7.98. The van der Waals surface area contributed by atoms with Crippen molar-refractivity contribution in [3.05, 3.63) is 114 Å². The van der Waals surface area contributed by atoms with Gasteiger partial charge in [-0.3, -0.25) is 0 Å². The van der Waals surface area contributed by atoms with Gasteiger partial charge < -0.3 is 13.6 Å². The first-order chi connectivity index (χ1) is 15.0. The van der Waals surface area contributed by atoms with E-state index in [1.54, 1.807) is 54.6 Å². The minimum atomic E-state index is -4.66. The third kappa shape index (κ3) is 5.00. The van der Waals surface area contributed by atoms with E-state index >= 15 is 0 Å². The fraction of sp³-hybridized carbons (Fsp3) is 0. The molecule has 0 spiro atoms. The fourth-order valence-electron chi connectivity index (χ4n) is 2.87. The third-order valence-electron chi connectivity index (χ3n) is 4.35. The molecule has 0 unspecified atom stereocenters. The third-order valence-corrected chi connectivity index (χ3v) is 5.56. The Morgan fingerprint density at radius 3 is 1.61 bits per heavy atom. The average molecular weight is 432 g/mol. The number of carbonyl (C=O) groups is 2. The predicted molar refractivity (Wildman–Crippen MR) is 116 cm³/mol. The second-order valence-electron chi connectivity index (χ2n) is 6.54. The summed E-state index contributed by atoms with van der Waals surface area (Å²) >= 11 is 0. The SMILES string of the molecule is O=C(OP(=O)(OC(=O)c1ccccc1)Oc1ccc2ccccc2c1)c1ccccc1. The molecule has 0 saturated carbocycles. The lowest BCUT2D eigenvalue weighted by atomic mass is 10.1. The molecule has 0 saturated heterocycles. The van der Waals surface area contributed by atoms with Gasteiger partial charge in [-0.15, -0.1) is 0 Å². The van der Waals surface area contributed by atoms with E-state index < -0.39 is 19.8 Å². The van der Waals surface area contributed by atoms with E-state index in [0.29, 0.717) is 0 Å². The highest BCUT2D eigenvalue weighted by atomic mass is 31.2. The zero-order chi connectivity index (χ0) is 21.7. The molecule has 4 aromatic rings. The Kier molecular flexibility index (Phi) is 5.83. The molecule has 0 aromatic heterocycles. The van der Waals surface area contributed by atoms with E-state index in [-0.39, 0.29) is 16.9 Å². The van der Waals surface area contributed by atoms with Crippen LogP contribution in [0.15, 0.2) is 103 Å². The largest absolute Gasteiger partial charge is 0.652 e. The molecule has 0 radical (unpaired) electrons. The number of phosphoric ester groups is 1. The van der Waals surface area contributed by atoms with Gasteiger partial charge in [0.15, 0.2) is 0 Å². The predicted octanol–water partition coefficient (Wildman–Crippen LogP) is 6.04. The van der Waals surface area contributed by atoms with Gasteiger partial charge in [-0.2, -0.15) is 4.57 Å². The molecule has 0 N–H and O–H groups in total. The Bertz CT molecular complexity index is 1210. The lowest BCUT2D eigenvalue weighted by Gasteiger charge is -2.18. The lowest BCUT2D eigenvalue weighted by molar-refractivity contribution is 0.0574. The van der Waals surface area contributed by atoms with Gasteiger partial charge in [0.1, 0.15) is 5.75 Å². The van der Waals surface area contributed by atoms with Crippen molar-refractivity contribution in [2.75, 3.05) is 0 Å². The molecule has 31 heavy (non-hydrogen) atoms. The number of rotatable bonds is 6. The summed E-state index contributed by atoms with van der Waals surface area (Å²) in [5.74, 6) is -1.75. The monoisotopic (exact) mass is 432 g/mol. The summed E-state index contributed by atoms with van der Waals surface area (Å²) in [4.78, 5) is 25.0. The zero-order valence-corrected chi connectivity index (χ0v) is 17.1. The summed E-state index contributed by atoms with van der Waals surface area (Å²) in [6.07, 6.45) is 0. The molecule has 0 heterocycles. The maximum absolute atomic E-state index is 13.4.